The van der Waals surface area contributed by atoms with E-state index in [1.165, 1.54) is 6.42 Å². The van der Waals surface area contributed by atoms with E-state index in [4.69, 9.17) is 0 Å². The molecule has 0 aromatic rings. The Morgan fingerprint density at radius 2 is 2.12 bits per heavy atom. The van der Waals surface area contributed by atoms with Gasteiger partial charge in [0, 0.05) is 19.7 Å². The van der Waals surface area contributed by atoms with Crippen molar-refractivity contribution in [2.75, 3.05) is 26.2 Å². The zero-order chi connectivity index (χ0) is 12.3. The van der Waals surface area contributed by atoms with Gasteiger partial charge in [-0.2, -0.15) is 0 Å². The highest BCUT2D eigenvalue weighted by molar-refractivity contribution is 5.82. The third-order valence-electron chi connectivity index (χ3n) is 4.27. The highest BCUT2D eigenvalue weighted by Crippen LogP contribution is 2.30. The first kappa shape index (κ1) is 12.8. The standard InChI is InChI=1S/C13H24N2O2/c1-13(10-16)5-8-15(9-6-13)12(17)11-4-2-3-7-14-11/h11,14,16H,2-10H2,1H3. The Labute approximate surface area is 103 Å². The highest BCUT2D eigenvalue weighted by Gasteiger charge is 2.33. The molecule has 0 bridgehead atoms. The number of carbonyl (C=O) groups is 1. The van der Waals surface area contributed by atoms with Crippen molar-refractivity contribution in [1.82, 2.24) is 10.2 Å². The van der Waals surface area contributed by atoms with Crippen molar-refractivity contribution in [3.63, 3.8) is 0 Å². The summed E-state index contributed by atoms with van der Waals surface area (Å²) in [5.74, 6) is 0.268. The summed E-state index contributed by atoms with van der Waals surface area (Å²) in [6.45, 7) is 4.91. The Hall–Kier alpha value is -0.610. The Bertz CT molecular complexity index is 267. The van der Waals surface area contributed by atoms with Gasteiger partial charge in [0.25, 0.3) is 0 Å². The zero-order valence-electron chi connectivity index (χ0n) is 10.7. The minimum absolute atomic E-state index is 0.0246. The summed E-state index contributed by atoms with van der Waals surface area (Å²) in [4.78, 5) is 14.2. The summed E-state index contributed by atoms with van der Waals surface area (Å²) < 4.78 is 0. The van der Waals surface area contributed by atoms with Crippen molar-refractivity contribution < 1.29 is 9.90 Å². The molecule has 17 heavy (non-hydrogen) atoms. The quantitative estimate of drug-likeness (QED) is 0.749. The van der Waals surface area contributed by atoms with Gasteiger partial charge in [0.15, 0.2) is 0 Å². The maximum absolute atomic E-state index is 12.3. The molecular formula is C13H24N2O2. The lowest BCUT2D eigenvalue weighted by Gasteiger charge is -2.40. The van der Waals surface area contributed by atoms with Crippen LogP contribution in [0.2, 0.25) is 0 Å². The topological polar surface area (TPSA) is 52.6 Å². The number of nitrogens with one attached hydrogen (secondary N) is 1. The number of carbonyl (C=O) groups excluding carboxylic acids is 1. The van der Waals surface area contributed by atoms with Crippen molar-refractivity contribution in [3.05, 3.63) is 0 Å². The zero-order valence-corrected chi connectivity index (χ0v) is 10.7. The number of aliphatic hydroxyl groups is 1. The van der Waals surface area contributed by atoms with Gasteiger partial charge in [-0.15, -0.1) is 0 Å². The van der Waals surface area contributed by atoms with Gasteiger partial charge in [-0.1, -0.05) is 13.3 Å². The molecule has 2 N–H and O–H groups in total. The SMILES string of the molecule is CC1(CO)CCN(C(=O)C2CCCCN2)CC1. The van der Waals surface area contributed by atoms with E-state index < -0.39 is 0 Å². The predicted octanol–water partition coefficient (Wildman–Crippen LogP) is 0.749. The second kappa shape index (κ2) is 5.36. The fourth-order valence-corrected chi connectivity index (χ4v) is 2.71. The third-order valence-corrected chi connectivity index (χ3v) is 4.27. The van der Waals surface area contributed by atoms with Gasteiger partial charge in [-0.25, -0.2) is 0 Å². The van der Waals surface area contributed by atoms with Crippen molar-refractivity contribution in [2.45, 2.75) is 45.1 Å². The molecule has 1 atom stereocenters. The first-order chi connectivity index (χ1) is 8.14. The molecular weight excluding hydrogens is 216 g/mol. The van der Waals surface area contributed by atoms with E-state index in [0.29, 0.717) is 0 Å². The molecule has 2 aliphatic heterocycles. The molecule has 0 aromatic carbocycles. The summed E-state index contributed by atoms with van der Waals surface area (Å²) >= 11 is 0. The van der Waals surface area contributed by atoms with Crippen molar-refractivity contribution >= 4 is 5.91 Å². The number of likely N-dealkylation sites (tertiary alicyclic amines) is 1. The molecule has 1 unspecified atom stereocenters. The van der Waals surface area contributed by atoms with Gasteiger partial charge >= 0.3 is 0 Å². The molecule has 2 rings (SSSR count). The molecule has 0 aromatic heterocycles. The predicted molar refractivity (Wildman–Crippen MR) is 66.6 cm³/mol. The summed E-state index contributed by atoms with van der Waals surface area (Å²) in [7, 11) is 0. The normalized spacial score (nSPS) is 29.1. The second-order valence-corrected chi connectivity index (χ2v) is 5.80. The van der Waals surface area contributed by atoms with Gasteiger partial charge in [-0.05, 0) is 37.6 Å². The molecule has 0 spiro atoms. The molecule has 1 amide bonds. The number of aliphatic hydroxyl groups excluding tert-OH is 1. The van der Waals surface area contributed by atoms with Crippen LogP contribution in [0.3, 0.4) is 0 Å². The largest absolute Gasteiger partial charge is 0.396 e. The summed E-state index contributed by atoms with van der Waals surface area (Å²) in [6, 6.07) is 0.0437. The second-order valence-electron chi connectivity index (χ2n) is 5.80. The first-order valence-corrected chi connectivity index (χ1v) is 6.78. The molecule has 4 nitrogen and oxygen atoms in total. The molecule has 98 valence electrons. The van der Waals surface area contributed by atoms with Crippen LogP contribution in [0.1, 0.15) is 39.0 Å². The lowest BCUT2D eigenvalue weighted by atomic mass is 9.81. The number of amides is 1. The van der Waals surface area contributed by atoms with Gasteiger partial charge < -0.3 is 15.3 Å². The van der Waals surface area contributed by atoms with E-state index >= 15 is 0 Å². The third kappa shape index (κ3) is 2.99. The van der Waals surface area contributed by atoms with Gasteiger partial charge in [0.1, 0.15) is 0 Å². The number of piperidine rings is 2. The van der Waals surface area contributed by atoms with E-state index in [1.54, 1.807) is 0 Å². The van der Waals surface area contributed by atoms with Crippen LogP contribution in [0.25, 0.3) is 0 Å². The minimum atomic E-state index is 0.0246. The van der Waals surface area contributed by atoms with E-state index in [0.717, 1.165) is 45.3 Å². The molecule has 2 heterocycles. The lowest BCUT2D eigenvalue weighted by Crippen LogP contribution is -2.52. The highest BCUT2D eigenvalue weighted by atomic mass is 16.3. The van der Waals surface area contributed by atoms with Crippen LogP contribution in [-0.4, -0.2) is 48.2 Å². The summed E-state index contributed by atoms with van der Waals surface area (Å²) in [5, 5.41) is 12.6. The number of nitrogens with zero attached hydrogens (tertiary/aromatic N) is 1. The summed E-state index contributed by atoms with van der Waals surface area (Å²) in [6.07, 6.45) is 5.16. The monoisotopic (exact) mass is 240 g/mol. The van der Waals surface area contributed by atoms with Crippen LogP contribution in [0.15, 0.2) is 0 Å². The maximum atomic E-state index is 12.3. The molecule has 0 radical (unpaired) electrons. The average Bonchev–Trinajstić information content (AvgIpc) is 2.40. The Morgan fingerprint density at radius 1 is 1.41 bits per heavy atom. The molecule has 0 aliphatic carbocycles. The molecule has 4 heteroatoms. The van der Waals surface area contributed by atoms with E-state index in [2.05, 4.69) is 12.2 Å². The van der Waals surface area contributed by atoms with Crippen molar-refractivity contribution in [3.8, 4) is 0 Å². The van der Waals surface area contributed by atoms with Crippen LogP contribution < -0.4 is 5.32 Å². The Balaban J connectivity index is 1.85. The van der Waals surface area contributed by atoms with Crippen LogP contribution in [0, 0.1) is 5.41 Å². The van der Waals surface area contributed by atoms with Crippen LogP contribution in [0.5, 0.6) is 0 Å². The minimum Gasteiger partial charge on any atom is -0.396 e. The van der Waals surface area contributed by atoms with E-state index in [1.807, 2.05) is 4.90 Å². The maximum Gasteiger partial charge on any atom is 0.239 e. The van der Waals surface area contributed by atoms with Crippen LogP contribution in [0.4, 0.5) is 0 Å². The molecule has 2 aliphatic rings. The fourth-order valence-electron chi connectivity index (χ4n) is 2.71. The average molecular weight is 240 g/mol. The van der Waals surface area contributed by atoms with Gasteiger partial charge in [0.05, 0.1) is 6.04 Å². The number of hydrogen-bond acceptors (Lipinski definition) is 3. The summed E-state index contributed by atoms with van der Waals surface area (Å²) in [5.41, 5.74) is 0.0246. The van der Waals surface area contributed by atoms with E-state index in [-0.39, 0.29) is 24.0 Å². The van der Waals surface area contributed by atoms with E-state index in [9.17, 15) is 9.90 Å². The van der Waals surface area contributed by atoms with Gasteiger partial charge in [0.2, 0.25) is 5.91 Å². The molecule has 2 fully saturated rings. The Kier molecular flexibility index (Phi) is 4.05. The number of rotatable bonds is 2. The molecule has 0 saturated carbocycles. The lowest BCUT2D eigenvalue weighted by molar-refractivity contribution is -0.136. The fraction of sp³-hybridized carbons (Fsp3) is 0.923. The molecule has 2 saturated heterocycles. The van der Waals surface area contributed by atoms with Crippen molar-refractivity contribution in [2.24, 2.45) is 5.41 Å². The van der Waals surface area contributed by atoms with Gasteiger partial charge in [-0.3, -0.25) is 4.79 Å². The van der Waals surface area contributed by atoms with Crippen LogP contribution >= 0.6 is 0 Å². The Morgan fingerprint density at radius 3 is 2.65 bits per heavy atom. The number of hydrogen-bond donors (Lipinski definition) is 2. The van der Waals surface area contributed by atoms with Crippen LogP contribution in [-0.2, 0) is 4.79 Å². The first-order valence-electron chi connectivity index (χ1n) is 6.78. The van der Waals surface area contributed by atoms with Crippen molar-refractivity contribution in [1.29, 1.82) is 0 Å². The smallest absolute Gasteiger partial charge is 0.239 e.